The van der Waals surface area contributed by atoms with Crippen LogP contribution in [0.5, 0.6) is 5.75 Å². The number of hydrogen-bond donors (Lipinski definition) is 1. The molecule has 0 aliphatic rings. The Kier molecular flexibility index (Phi) is 6.18. The average Bonchev–Trinajstić information content (AvgIpc) is 3.15. The molecule has 1 N–H and O–H groups in total. The molecule has 0 aliphatic heterocycles. The van der Waals surface area contributed by atoms with E-state index >= 15 is 0 Å². The van der Waals surface area contributed by atoms with Crippen LogP contribution in [0, 0.1) is 13.8 Å². The van der Waals surface area contributed by atoms with Crippen molar-refractivity contribution in [3.05, 3.63) is 65.7 Å². The van der Waals surface area contributed by atoms with Crippen LogP contribution in [-0.2, 0) is 4.79 Å². The fourth-order valence-electron chi connectivity index (χ4n) is 3.28. The summed E-state index contributed by atoms with van der Waals surface area (Å²) in [6.07, 6.45) is 0. The Balaban J connectivity index is 1.47. The van der Waals surface area contributed by atoms with Crippen LogP contribution in [0.1, 0.15) is 18.1 Å². The molecule has 0 atom stereocenters. The van der Waals surface area contributed by atoms with Crippen LogP contribution in [0.25, 0.3) is 17.0 Å². The minimum absolute atomic E-state index is 0.0765. The molecular formula is C23H23N5O2S. The summed E-state index contributed by atoms with van der Waals surface area (Å²) in [6, 6.07) is 17.3. The number of amides is 1. The molecule has 4 aromatic rings. The number of fused-ring (bicyclic) bond motifs is 1. The summed E-state index contributed by atoms with van der Waals surface area (Å²) in [4.78, 5) is 12.4. The third kappa shape index (κ3) is 5.03. The largest absolute Gasteiger partial charge is 0.494 e. The highest BCUT2D eigenvalue weighted by Gasteiger charge is 2.12. The summed E-state index contributed by atoms with van der Waals surface area (Å²) in [5, 5.41) is 16.8. The van der Waals surface area contributed by atoms with E-state index in [-0.39, 0.29) is 11.7 Å². The lowest BCUT2D eigenvalue weighted by Crippen LogP contribution is -2.14. The smallest absolute Gasteiger partial charge is 0.234 e. The van der Waals surface area contributed by atoms with Crippen LogP contribution < -0.4 is 10.1 Å². The van der Waals surface area contributed by atoms with E-state index in [0.29, 0.717) is 18.1 Å². The maximum Gasteiger partial charge on any atom is 0.234 e. The number of anilines is 1. The van der Waals surface area contributed by atoms with Gasteiger partial charge in [0.2, 0.25) is 5.91 Å². The number of aromatic nitrogens is 4. The molecule has 2 aromatic heterocycles. The third-order valence-corrected chi connectivity index (χ3v) is 5.44. The second kappa shape index (κ2) is 9.18. The van der Waals surface area contributed by atoms with Crippen molar-refractivity contribution in [2.75, 3.05) is 17.7 Å². The van der Waals surface area contributed by atoms with Gasteiger partial charge in [-0.1, -0.05) is 17.8 Å². The third-order valence-electron chi connectivity index (χ3n) is 4.52. The Bertz CT molecular complexity index is 1200. The fourth-order valence-corrected chi connectivity index (χ4v) is 3.93. The normalized spacial score (nSPS) is 10.9. The predicted molar refractivity (Wildman–Crippen MR) is 123 cm³/mol. The van der Waals surface area contributed by atoms with Gasteiger partial charge in [-0.25, -0.2) is 0 Å². The second-order valence-corrected chi connectivity index (χ2v) is 8.13. The quantitative estimate of drug-likeness (QED) is 0.431. The van der Waals surface area contributed by atoms with Crippen LogP contribution in [0.15, 0.2) is 59.6 Å². The van der Waals surface area contributed by atoms with E-state index in [1.165, 1.54) is 11.8 Å². The van der Waals surface area contributed by atoms with Crippen molar-refractivity contribution in [3.8, 4) is 17.1 Å². The van der Waals surface area contributed by atoms with E-state index in [1.807, 2.05) is 69.3 Å². The van der Waals surface area contributed by atoms with E-state index < -0.39 is 0 Å². The molecule has 1 amide bonds. The van der Waals surface area contributed by atoms with Gasteiger partial charge in [-0.05, 0) is 80.4 Å². The topological polar surface area (TPSA) is 81.4 Å². The number of thioether (sulfide) groups is 1. The zero-order valence-corrected chi connectivity index (χ0v) is 18.4. The monoisotopic (exact) mass is 433 g/mol. The lowest BCUT2D eigenvalue weighted by Gasteiger charge is -2.08. The predicted octanol–water partition coefficient (Wildman–Crippen LogP) is 4.54. The minimum Gasteiger partial charge on any atom is -0.494 e. The molecule has 158 valence electrons. The first-order chi connectivity index (χ1) is 15.0. The molecule has 0 saturated heterocycles. The Hall–Kier alpha value is -3.39. The SMILES string of the molecule is CCOc1ccc(-c2nnc3ccc(SCC(=O)Nc4cc(C)cc(C)c4)nn23)cc1. The Labute approximate surface area is 184 Å². The van der Waals surface area contributed by atoms with Crippen LogP contribution in [0.2, 0.25) is 0 Å². The standard InChI is InChI=1S/C23H23N5O2S/c1-4-30-19-7-5-17(6-8-19)23-26-25-20-9-10-22(27-28(20)23)31-14-21(29)24-18-12-15(2)11-16(3)13-18/h5-13H,4,14H2,1-3H3,(H,24,29). The molecule has 31 heavy (non-hydrogen) atoms. The Morgan fingerprint density at radius 3 is 2.48 bits per heavy atom. The van der Waals surface area contributed by atoms with Crippen molar-refractivity contribution in [2.24, 2.45) is 0 Å². The number of benzene rings is 2. The first-order valence-electron chi connectivity index (χ1n) is 9.98. The molecule has 0 spiro atoms. The van der Waals surface area contributed by atoms with E-state index in [2.05, 4.69) is 26.7 Å². The zero-order valence-electron chi connectivity index (χ0n) is 17.6. The molecule has 0 radical (unpaired) electrons. The molecule has 2 heterocycles. The number of ether oxygens (including phenoxy) is 1. The lowest BCUT2D eigenvalue weighted by molar-refractivity contribution is -0.113. The molecule has 2 aromatic carbocycles. The van der Waals surface area contributed by atoms with Gasteiger partial charge in [0.1, 0.15) is 10.8 Å². The molecule has 0 aliphatic carbocycles. The highest BCUT2D eigenvalue weighted by atomic mass is 32.2. The number of carbonyl (C=O) groups excluding carboxylic acids is 1. The highest BCUT2D eigenvalue weighted by Crippen LogP contribution is 2.23. The lowest BCUT2D eigenvalue weighted by atomic mass is 10.1. The van der Waals surface area contributed by atoms with Crippen LogP contribution >= 0.6 is 11.8 Å². The van der Waals surface area contributed by atoms with Crippen molar-refractivity contribution < 1.29 is 9.53 Å². The maximum absolute atomic E-state index is 12.4. The molecule has 0 saturated carbocycles. The Morgan fingerprint density at radius 2 is 1.77 bits per heavy atom. The van der Waals surface area contributed by atoms with Gasteiger partial charge in [0.25, 0.3) is 0 Å². The summed E-state index contributed by atoms with van der Waals surface area (Å²) in [5.41, 5.74) is 4.57. The number of nitrogens with one attached hydrogen (secondary N) is 1. The number of hydrogen-bond acceptors (Lipinski definition) is 6. The summed E-state index contributed by atoms with van der Waals surface area (Å²) >= 11 is 1.37. The van der Waals surface area contributed by atoms with Gasteiger partial charge in [-0.15, -0.1) is 10.2 Å². The summed E-state index contributed by atoms with van der Waals surface area (Å²) in [7, 11) is 0. The first kappa shape index (κ1) is 20.9. The molecule has 0 unspecified atom stereocenters. The van der Waals surface area contributed by atoms with Gasteiger partial charge in [0.15, 0.2) is 11.5 Å². The highest BCUT2D eigenvalue weighted by molar-refractivity contribution is 7.99. The minimum atomic E-state index is -0.0765. The second-order valence-electron chi connectivity index (χ2n) is 7.14. The fraction of sp³-hybridized carbons (Fsp3) is 0.217. The van der Waals surface area contributed by atoms with E-state index in [4.69, 9.17) is 4.74 Å². The van der Waals surface area contributed by atoms with E-state index in [0.717, 1.165) is 33.2 Å². The number of nitrogens with zero attached hydrogens (tertiary/aromatic N) is 4. The molecule has 0 fully saturated rings. The summed E-state index contributed by atoms with van der Waals surface area (Å²) < 4.78 is 7.19. The summed E-state index contributed by atoms with van der Waals surface area (Å²) in [5.74, 6) is 1.62. The van der Waals surface area contributed by atoms with E-state index in [1.54, 1.807) is 4.52 Å². The van der Waals surface area contributed by atoms with Crippen LogP contribution in [-0.4, -0.2) is 38.1 Å². The zero-order chi connectivity index (χ0) is 21.8. The molecule has 4 rings (SSSR count). The number of aryl methyl sites for hydroxylation is 2. The van der Waals surface area contributed by atoms with Gasteiger partial charge < -0.3 is 10.1 Å². The van der Waals surface area contributed by atoms with Crippen molar-refractivity contribution >= 4 is 29.0 Å². The summed E-state index contributed by atoms with van der Waals surface area (Å²) in [6.45, 7) is 6.59. The molecule has 8 heteroatoms. The van der Waals surface area contributed by atoms with Crippen molar-refractivity contribution in [1.29, 1.82) is 0 Å². The molecule has 7 nitrogen and oxygen atoms in total. The van der Waals surface area contributed by atoms with Gasteiger partial charge in [0.05, 0.1) is 12.4 Å². The van der Waals surface area contributed by atoms with Crippen molar-refractivity contribution in [3.63, 3.8) is 0 Å². The molecule has 0 bridgehead atoms. The Morgan fingerprint density at radius 1 is 1.03 bits per heavy atom. The van der Waals surface area contributed by atoms with Crippen molar-refractivity contribution in [2.45, 2.75) is 25.8 Å². The number of carbonyl (C=O) groups is 1. The van der Waals surface area contributed by atoms with Gasteiger partial charge in [0, 0.05) is 11.3 Å². The number of rotatable bonds is 7. The average molecular weight is 434 g/mol. The van der Waals surface area contributed by atoms with Crippen LogP contribution in [0.4, 0.5) is 5.69 Å². The van der Waals surface area contributed by atoms with E-state index in [9.17, 15) is 4.79 Å². The maximum atomic E-state index is 12.4. The van der Waals surface area contributed by atoms with Gasteiger partial charge in [-0.3, -0.25) is 4.79 Å². The van der Waals surface area contributed by atoms with Crippen LogP contribution in [0.3, 0.4) is 0 Å². The first-order valence-corrected chi connectivity index (χ1v) is 11.0. The van der Waals surface area contributed by atoms with Gasteiger partial charge >= 0.3 is 0 Å². The van der Waals surface area contributed by atoms with Crippen molar-refractivity contribution in [1.82, 2.24) is 19.8 Å². The van der Waals surface area contributed by atoms with Gasteiger partial charge in [-0.2, -0.15) is 9.61 Å². The molecular weight excluding hydrogens is 410 g/mol.